The number of carbonyl (C=O) groups is 1. The molecule has 1 unspecified atom stereocenters. The number of carbonyl (C=O) groups excluding carboxylic acids is 1. The van der Waals surface area contributed by atoms with Crippen LogP contribution >= 0.6 is 0 Å². The highest BCUT2D eigenvalue weighted by Gasteiger charge is 2.31. The number of amides is 1. The molecule has 0 saturated carbocycles. The number of rotatable bonds is 5. The van der Waals surface area contributed by atoms with Crippen molar-refractivity contribution in [3.8, 4) is 5.75 Å². The van der Waals surface area contributed by atoms with Gasteiger partial charge >= 0.3 is 6.36 Å². The SMILES string of the molecule is CC(Nc1ccc(F)c(F)c1)C(=O)Nc1ccc(OC(F)(F)F)cc1. The number of ether oxygens (including phenoxy) is 1. The van der Waals surface area contributed by atoms with E-state index >= 15 is 0 Å². The molecule has 2 N–H and O–H groups in total. The second-order valence-electron chi connectivity index (χ2n) is 5.06. The number of alkyl halides is 3. The second-order valence-corrected chi connectivity index (χ2v) is 5.06. The predicted octanol–water partition coefficient (Wildman–Crippen LogP) is 4.30. The lowest BCUT2D eigenvalue weighted by atomic mass is 10.2. The Morgan fingerprint density at radius 3 is 2.16 bits per heavy atom. The smallest absolute Gasteiger partial charge is 0.406 e. The standard InChI is InChI=1S/C16H13F5N2O2/c1-9(22-11-4-7-13(17)14(18)8-11)15(24)23-10-2-5-12(6-3-10)25-16(19,20)21/h2-9,22H,1H3,(H,23,24). The van der Waals surface area contributed by atoms with Crippen LogP contribution in [0.15, 0.2) is 42.5 Å². The van der Waals surface area contributed by atoms with E-state index in [0.29, 0.717) is 0 Å². The molecule has 134 valence electrons. The van der Waals surface area contributed by atoms with Crippen molar-refractivity contribution in [1.82, 2.24) is 0 Å². The van der Waals surface area contributed by atoms with E-state index in [-0.39, 0.29) is 11.4 Å². The number of halogens is 5. The summed E-state index contributed by atoms with van der Waals surface area (Å²) in [5.41, 5.74) is 0.453. The molecular weight excluding hydrogens is 347 g/mol. The van der Waals surface area contributed by atoms with Gasteiger partial charge < -0.3 is 15.4 Å². The third kappa shape index (κ3) is 5.63. The Labute approximate surface area is 139 Å². The summed E-state index contributed by atoms with van der Waals surface area (Å²) in [6, 6.07) is 6.87. The first-order valence-corrected chi connectivity index (χ1v) is 7.02. The fourth-order valence-electron chi connectivity index (χ4n) is 1.89. The topological polar surface area (TPSA) is 50.4 Å². The van der Waals surface area contributed by atoms with Crippen LogP contribution in [-0.2, 0) is 4.79 Å². The van der Waals surface area contributed by atoms with E-state index in [1.807, 2.05) is 0 Å². The molecule has 1 amide bonds. The van der Waals surface area contributed by atoms with Crippen molar-refractivity contribution < 1.29 is 31.5 Å². The van der Waals surface area contributed by atoms with Gasteiger partial charge in [-0.2, -0.15) is 0 Å². The van der Waals surface area contributed by atoms with Gasteiger partial charge in [0, 0.05) is 17.4 Å². The Hall–Kier alpha value is -2.84. The van der Waals surface area contributed by atoms with Crippen molar-refractivity contribution in [2.45, 2.75) is 19.3 Å². The summed E-state index contributed by atoms with van der Waals surface area (Å²) < 4.78 is 65.9. The lowest BCUT2D eigenvalue weighted by Gasteiger charge is -2.16. The fourth-order valence-corrected chi connectivity index (χ4v) is 1.89. The first-order valence-electron chi connectivity index (χ1n) is 7.02. The molecule has 9 heteroatoms. The van der Waals surface area contributed by atoms with Gasteiger partial charge in [0.2, 0.25) is 5.91 Å². The number of hydrogen-bond acceptors (Lipinski definition) is 3. The lowest BCUT2D eigenvalue weighted by molar-refractivity contribution is -0.274. The van der Waals surface area contributed by atoms with Crippen molar-refractivity contribution in [3.63, 3.8) is 0 Å². The largest absolute Gasteiger partial charge is 0.573 e. The van der Waals surface area contributed by atoms with Crippen LogP contribution in [0, 0.1) is 11.6 Å². The predicted molar refractivity (Wildman–Crippen MR) is 81.2 cm³/mol. The third-order valence-electron chi connectivity index (χ3n) is 3.05. The van der Waals surface area contributed by atoms with Gasteiger partial charge in [0.1, 0.15) is 11.8 Å². The maximum Gasteiger partial charge on any atom is 0.573 e. The summed E-state index contributed by atoms with van der Waals surface area (Å²) in [4.78, 5) is 12.0. The van der Waals surface area contributed by atoms with Gasteiger partial charge in [0.25, 0.3) is 0 Å². The van der Waals surface area contributed by atoms with Crippen LogP contribution in [0.25, 0.3) is 0 Å². The molecular formula is C16H13F5N2O2. The second kappa shape index (κ2) is 7.37. The normalized spacial score (nSPS) is 12.4. The Morgan fingerprint density at radius 1 is 1.00 bits per heavy atom. The average molecular weight is 360 g/mol. The van der Waals surface area contributed by atoms with Gasteiger partial charge in [-0.05, 0) is 43.3 Å². The molecule has 0 aliphatic rings. The van der Waals surface area contributed by atoms with Gasteiger partial charge in [0.05, 0.1) is 0 Å². The summed E-state index contributed by atoms with van der Waals surface area (Å²) in [5, 5.41) is 5.15. The zero-order valence-electron chi connectivity index (χ0n) is 12.8. The van der Waals surface area contributed by atoms with Crippen LogP contribution in [0.5, 0.6) is 5.75 Å². The zero-order valence-corrected chi connectivity index (χ0v) is 12.8. The van der Waals surface area contributed by atoms with Gasteiger partial charge in [-0.1, -0.05) is 0 Å². The van der Waals surface area contributed by atoms with Crippen molar-refractivity contribution in [3.05, 3.63) is 54.1 Å². The molecule has 0 fully saturated rings. The summed E-state index contributed by atoms with van der Waals surface area (Å²) in [5.74, 6) is -3.01. The molecule has 2 rings (SSSR count). The van der Waals surface area contributed by atoms with E-state index in [2.05, 4.69) is 15.4 Å². The Morgan fingerprint density at radius 2 is 1.60 bits per heavy atom. The van der Waals surface area contributed by atoms with E-state index < -0.39 is 35.7 Å². The van der Waals surface area contributed by atoms with E-state index in [9.17, 15) is 26.7 Å². The summed E-state index contributed by atoms with van der Waals surface area (Å²) in [6.07, 6.45) is -4.80. The van der Waals surface area contributed by atoms with Gasteiger partial charge in [-0.25, -0.2) is 8.78 Å². The quantitative estimate of drug-likeness (QED) is 0.782. The van der Waals surface area contributed by atoms with E-state index in [1.54, 1.807) is 0 Å². The Balaban J connectivity index is 1.95. The van der Waals surface area contributed by atoms with Gasteiger partial charge in [0.15, 0.2) is 11.6 Å². The summed E-state index contributed by atoms with van der Waals surface area (Å²) in [6.45, 7) is 1.48. The Kier molecular flexibility index (Phi) is 5.45. The number of hydrogen-bond donors (Lipinski definition) is 2. The van der Waals surface area contributed by atoms with E-state index in [1.165, 1.54) is 25.1 Å². The minimum atomic E-state index is -4.80. The molecule has 0 aromatic heterocycles. The van der Waals surface area contributed by atoms with Crippen LogP contribution < -0.4 is 15.4 Å². The molecule has 4 nitrogen and oxygen atoms in total. The fraction of sp³-hybridized carbons (Fsp3) is 0.188. The highest BCUT2D eigenvalue weighted by atomic mass is 19.4. The van der Waals surface area contributed by atoms with E-state index in [0.717, 1.165) is 24.3 Å². The number of anilines is 2. The average Bonchev–Trinajstić information content (AvgIpc) is 2.51. The molecule has 25 heavy (non-hydrogen) atoms. The maximum absolute atomic E-state index is 13.1. The van der Waals surface area contributed by atoms with Crippen molar-refractivity contribution in [2.75, 3.05) is 10.6 Å². The van der Waals surface area contributed by atoms with Gasteiger partial charge in [-0.15, -0.1) is 13.2 Å². The summed E-state index contributed by atoms with van der Waals surface area (Å²) >= 11 is 0. The number of nitrogens with one attached hydrogen (secondary N) is 2. The van der Waals surface area contributed by atoms with Crippen molar-refractivity contribution >= 4 is 17.3 Å². The van der Waals surface area contributed by atoms with Crippen LogP contribution in [0.4, 0.5) is 33.3 Å². The van der Waals surface area contributed by atoms with Crippen LogP contribution in [-0.4, -0.2) is 18.3 Å². The molecule has 0 heterocycles. The van der Waals surface area contributed by atoms with Crippen LogP contribution in [0.1, 0.15) is 6.92 Å². The third-order valence-corrected chi connectivity index (χ3v) is 3.05. The molecule has 0 radical (unpaired) electrons. The van der Waals surface area contributed by atoms with Crippen LogP contribution in [0.2, 0.25) is 0 Å². The van der Waals surface area contributed by atoms with Crippen molar-refractivity contribution in [1.29, 1.82) is 0 Å². The Bertz CT molecular complexity index is 747. The molecule has 0 aliphatic carbocycles. The molecule has 0 saturated heterocycles. The highest BCUT2D eigenvalue weighted by molar-refractivity contribution is 5.96. The summed E-state index contributed by atoms with van der Waals surface area (Å²) in [7, 11) is 0. The zero-order chi connectivity index (χ0) is 18.6. The molecule has 0 bridgehead atoms. The molecule has 0 aliphatic heterocycles. The molecule has 2 aromatic rings. The first kappa shape index (κ1) is 18.5. The minimum absolute atomic E-state index is 0.204. The molecule has 2 aromatic carbocycles. The lowest BCUT2D eigenvalue weighted by Crippen LogP contribution is -2.31. The van der Waals surface area contributed by atoms with E-state index in [4.69, 9.17) is 0 Å². The monoisotopic (exact) mass is 360 g/mol. The number of benzene rings is 2. The first-order chi connectivity index (χ1) is 11.6. The maximum atomic E-state index is 13.1. The molecule has 1 atom stereocenters. The minimum Gasteiger partial charge on any atom is -0.406 e. The van der Waals surface area contributed by atoms with Crippen molar-refractivity contribution in [2.24, 2.45) is 0 Å². The van der Waals surface area contributed by atoms with Gasteiger partial charge in [-0.3, -0.25) is 4.79 Å². The molecule has 0 spiro atoms. The highest BCUT2D eigenvalue weighted by Crippen LogP contribution is 2.24. The van der Waals surface area contributed by atoms with Crippen LogP contribution in [0.3, 0.4) is 0 Å².